The summed E-state index contributed by atoms with van der Waals surface area (Å²) in [5.41, 5.74) is 4.93. The molecule has 5 N–H and O–H groups in total. The molecule has 2 heterocycles. The van der Waals surface area contributed by atoms with E-state index in [2.05, 4.69) is 15.1 Å². The summed E-state index contributed by atoms with van der Waals surface area (Å²) in [4.78, 5) is 39.3. The lowest BCUT2D eigenvalue weighted by Crippen LogP contribution is -2.45. The lowest BCUT2D eigenvalue weighted by Gasteiger charge is -2.29. The van der Waals surface area contributed by atoms with Crippen LogP contribution in [0, 0.1) is 11.3 Å². The zero-order valence-electron chi connectivity index (χ0n) is 18.9. The number of carboxylic acids is 1. The number of azide groups is 1. The third-order valence-electron chi connectivity index (χ3n) is 5.09. The van der Waals surface area contributed by atoms with Crippen molar-refractivity contribution < 1.29 is 38.5 Å². The minimum Gasteiger partial charge on any atom is -0.480 e. The van der Waals surface area contributed by atoms with Gasteiger partial charge in [-0.25, -0.2) is 9.36 Å². The predicted octanol–water partition coefficient (Wildman–Crippen LogP) is -0.0681. The van der Waals surface area contributed by atoms with Gasteiger partial charge in [0.2, 0.25) is 5.72 Å². The summed E-state index contributed by atoms with van der Waals surface area (Å²) in [6, 6.07) is 6.59. The summed E-state index contributed by atoms with van der Waals surface area (Å²) in [6.07, 6.45) is -4.69. The number of carbonyl (C=O) groups is 1. The van der Waals surface area contributed by atoms with Crippen LogP contribution in [0.5, 0.6) is 5.75 Å². The number of aliphatic carboxylic acids is 1. The molecule has 17 nitrogen and oxygen atoms in total. The summed E-state index contributed by atoms with van der Waals surface area (Å²) in [5, 5.41) is 44.9. The highest BCUT2D eigenvalue weighted by Gasteiger charge is 2.56. The van der Waals surface area contributed by atoms with Gasteiger partial charge in [0, 0.05) is 17.2 Å². The molecule has 0 bridgehead atoms. The summed E-state index contributed by atoms with van der Waals surface area (Å²) >= 11 is 0. The monoisotopic (exact) mass is 537 g/mol. The Kier molecular flexibility index (Phi) is 8.16. The first kappa shape index (κ1) is 27.6. The normalized spacial score (nSPS) is 25.3. The van der Waals surface area contributed by atoms with Crippen LogP contribution in [-0.2, 0) is 18.6 Å². The van der Waals surface area contributed by atoms with Crippen molar-refractivity contribution in [2.24, 2.45) is 5.11 Å². The highest BCUT2D eigenvalue weighted by Crippen LogP contribution is 2.48. The molecule has 0 saturated carbocycles. The van der Waals surface area contributed by atoms with Gasteiger partial charge in [-0.15, -0.1) is 0 Å². The van der Waals surface area contributed by atoms with E-state index in [1.807, 2.05) is 11.1 Å². The van der Waals surface area contributed by atoms with Crippen molar-refractivity contribution >= 4 is 13.7 Å². The van der Waals surface area contributed by atoms with Crippen molar-refractivity contribution in [2.75, 3.05) is 6.61 Å². The number of aliphatic hydroxyl groups is 2. The molecule has 1 unspecified atom stereocenters. The van der Waals surface area contributed by atoms with Gasteiger partial charge in [-0.2, -0.15) is 10.3 Å². The number of aromatic amines is 1. The van der Waals surface area contributed by atoms with Crippen molar-refractivity contribution in [2.45, 2.75) is 37.1 Å². The summed E-state index contributed by atoms with van der Waals surface area (Å²) in [6.45, 7) is 0.0539. The fourth-order valence-corrected chi connectivity index (χ4v) is 4.76. The maximum Gasteiger partial charge on any atom is 0.459 e. The van der Waals surface area contributed by atoms with E-state index in [-0.39, 0.29) is 11.3 Å². The molecule has 0 radical (unpaired) electrons. The van der Waals surface area contributed by atoms with Crippen LogP contribution in [0.4, 0.5) is 0 Å². The van der Waals surface area contributed by atoms with Gasteiger partial charge in [-0.05, 0) is 30.7 Å². The van der Waals surface area contributed by atoms with E-state index >= 15 is 0 Å². The first-order chi connectivity index (χ1) is 17.4. The minimum absolute atomic E-state index is 0.118. The van der Waals surface area contributed by atoms with Gasteiger partial charge < -0.3 is 24.6 Å². The van der Waals surface area contributed by atoms with E-state index in [1.54, 1.807) is 0 Å². The van der Waals surface area contributed by atoms with Crippen molar-refractivity contribution in [1.29, 1.82) is 5.26 Å². The van der Waals surface area contributed by atoms with Crippen LogP contribution in [0.1, 0.15) is 18.7 Å². The highest BCUT2D eigenvalue weighted by molar-refractivity contribution is 7.52. The molecule has 2 aromatic rings. The average Bonchev–Trinajstić information content (AvgIpc) is 3.08. The Morgan fingerprint density at radius 1 is 1.46 bits per heavy atom. The number of H-pyrrole nitrogens is 1. The van der Waals surface area contributed by atoms with Gasteiger partial charge in [0.15, 0.2) is 6.23 Å². The van der Waals surface area contributed by atoms with Crippen LogP contribution >= 0.6 is 7.75 Å². The number of rotatable bonds is 10. The van der Waals surface area contributed by atoms with Gasteiger partial charge in [-0.3, -0.25) is 23.7 Å². The molecule has 1 aliphatic rings. The second kappa shape index (κ2) is 10.9. The largest absolute Gasteiger partial charge is 0.480 e. The van der Waals surface area contributed by atoms with Crippen LogP contribution in [0.2, 0.25) is 0 Å². The second-order valence-electron chi connectivity index (χ2n) is 7.69. The molecule has 37 heavy (non-hydrogen) atoms. The standard InChI is InChI=1S/C19H20N7O10P/c1-10(17(30)31)23-37(33,36-12-4-2-3-11(7-12)8-20)34-9-19(24-25-21)15(29)14(28)16(35-19)26-6-5-13(27)22-18(26)32/h2-7,10,14-16,28-29H,9H2,1H3,(H,23,33)(H,30,31)(H,22,27,32)/t10-,14+,15-,16+,19+,37?/m0/s1. The van der Waals surface area contributed by atoms with Crippen molar-refractivity contribution in [1.82, 2.24) is 14.6 Å². The molecule has 196 valence electrons. The van der Waals surface area contributed by atoms with Crippen LogP contribution in [0.3, 0.4) is 0 Å². The topological polar surface area (TPSA) is 262 Å². The fraction of sp³-hybridized carbons (Fsp3) is 0.368. The summed E-state index contributed by atoms with van der Waals surface area (Å²) < 4.78 is 30.3. The molecule has 18 heteroatoms. The van der Waals surface area contributed by atoms with E-state index in [0.29, 0.717) is 4.57 Å². The van der Waals surface area contributed by atoms with Gasteiger partial charge in [0.1, 0.15) is 24.0 Å². The average molecular weight is 537 g/mol. The van der Waals surface area contributed by atoms with Crippen LogP contribution in [0.25, 0.3) is 10.4 Å². The number of nitrogens with one attached hydrogen (secondary N) is 2. The Balaban J connectivity index is 1.94. The Morgan fingerprint density at radius 2 is 2.19 bits per heavy atom. The Hall–Kier alpha value is -4.00. The number of nitrogens with zero attached hydrogens (tertiary/aromatic N) is 5. The molecule has 0 amide bonds. The van der Waals surface area contributed by atoms with E-state index in [4.69, 9.17) is 24.6 Å². The first-order valence-corrected chi connectivity index (χ1v) is 11.8. The minimum atomic E-state index is -4.67. The number of aliphatic hydroxyl groups excluding tert-OH is 2. The molecular weight excluding hydrogens is 517 g/mol. The number of benzene rings is 1. The van der Waals surface area contributed by atoms with Crippen molar-refractivity contribution in [3.8, 4) is 11.8 Å². The fourth-order valence-electron chi connectivity index (χ4n) is 3.25. The SMILES string of the molecule is C[C@H](NP(=O)(OC[C@@]1(N=[N+]=[N-])O[C@@H](n2ccc(=O)[nH]c2=O)[C@H](O)[C@@H]1O)Oc1cccc(C#N)c1)C(=O)O. The van der Waals surface area contributed by atoms with E-state index in [0.717, 1.165) is 19.2 Å². The number of hydrogen-bond acceptors (Lipinski definition) is 11. The van der Waals surface area contributed by atoms with Gasteiger partial charge in [0.05, 0.1) is 18.2 Å². The number of carboxylic acid groups (broad SMARTS) is 1. The number of ether oxygens (including phenoxy) is 1. The predicted molar refractivity (Wildman–Crippen MR) is 121 cm³/mol. The smallest absolute Gasteiger partial charge is 0.459 e. The zero-order valence-corrected chi connectivity index (χ0v) is 19.8. The third kappa shape index (κ3) is 6.05. The van der Waals surface area contributed by atoms with Crippen molar-refractivity contribution in [3.05, 3.63) is 73.4 Å². The lowest BCUT2D eigenvalue weighted by molar-refractivity contribution is -0.138. The molecular formula is C19H20N7O10P. The quantitative estimate of drug-likeness (QED) is 0.115. The van der Waals surface area contributed by atoms with Gasteiger partial charge in [-0.1, -0.05) is 11.2 Å². The Morgan fingerprint density at radius 3 is 2.81 bits per heavy atom. The van der Waals surface area contributed by atoms with Crippen LogP contribution in [0.15, 0.2) is 51.2 Å². The Labute approximate surface area is 206 Å². The summed E-state index contributed by atoms with van der Waals surface area (Å²) in [7, 11) is -4.67. The first-order valence-electron chi connectivity index (χ1n) is 10.3. The molecule has 1 aliphatic heterocycles. The summed E-state index contributed by atoms with van der Waals surface area (Å²) in [5.74, 6) is -1.59. The van der Waals surface area contributed by atoms with Crippen molar-refractivity contribution in [3.63, 3.8) is 0 Å². The Bertz CT molecular complexity index is 1430. The number of nitriles is 1. The molecule has 1 aromatic heterocycles. The molecule has 0 aliphatic carbocycles. The number of hydrogen-bond donors (Lipinski definition) is 5. The second-order valence-corrected chi connectivity index (χ2v) is 9.38. The maximum absolute atomic E-state index is 13.5. The highest BCUT2D eigenvalue weighted by atomic mass is 31.2. The molecule has 3 rings (SSSR count). The third-order valence-corrected chi connectivity index (χ3v) is 6.72. The molecule has 1 aromatic carbocycles. The van der Waals surface area contributed by atoms with E-state index in [9.17, 15) is 34.3 Å². The van der Waals surface area contributed by atoms with Gasteiger partial charge >= 0.3 is 19.4 Å². The van der Waals surface area contributed by atoms with Crippen LogP contribution in [-0.4, -0.2) is 61.4 Å². The number of aromatic nitrogens is 2. The molecule has 1 saturated heterocycles. The van der Waals surface area contributed by atoms with E-state index < -0.39 is 61.8 Å². The lowest BCUT2D eigenvalue weighted by atomic mass is 10.1. The molecule has 0 spiro atoms. The molecule has 1 fully saturated rings. The van der Waals surface area contributed by atoms with E-state index in [1.165, 1.54) is 24.3 Å². The molecule has 6 atom stereocenters. The maximum atomic E-state index is 13.5. The zero-order chi connectivity index (χ0) is 27.4. The van der Waals surface area contributed by atoms with Crippen LogP contribution < -0.4 is 20.9 Å². The van der Waals surface area contributed by atoms with Gasteiger partial charge in [0.25, 0.3) is 5.56 Å².